The summed E-state index contributed by atoms with van der Waals surface area (Å²) in [5.74, 6) is 0.0413. The normalized spacial score (nSPS) is 21.3. The second kappa shape index (κ2) is 14.8. The van der Waals surface area contributed by atoms with Crippen molar-refractivity contribution in [2.24, 2.45) is 4.99 Å². The molecular weight excluding hydrogens is 696 g/mol. The Morgan fingerprint density at radius 2 is 1.95 bits per heavy atom. The van der Waals surface area contributed by atoms with Crippen molar-refractivity contribution in [2.45, 2.75) is 96.8 Å². The van der Waals surface area contributed by atoms with E-state index in [2.05, 4.69) is 62.3 Å². The molecule has 1 atom stereocenters. The van der Waals surface area contributed by atoms with E-state index in [0.717, 1.165) is 51.0 Å². The molecule has 2 aliphatic heterocycles. The first kappa shape index (κ1) is 32.8. The monoisotopic (exact) mass is 743 g/mol. The number of hydrogen-bond donors (Lipinski definition) is 0. The maximum atomic E-state index is 13.7. The van der Waals surface area contributed by atoms with E-state index in [-0.39, 0.29) is 56.2 Å². The Balaban J connectivity index is 0.00000253. The van der Waals surface area contributed by atoms with Gasteiger partial charge in [0.1, 0.15) is 11.9 Å². The summed E-state index contributed by atoms with van der Waals surface area (Å²) in [7, 11) is 0. The molecule has 0 aromatic carbocycles. The summed E-state index contributed by atoms with van der Waals surface area (Å²) in [6, 6.07) is 4.73. The molecule has 0 N–H and O–H groups in total. The number of aromatic nitrogens is 1. The van der Waals surface area contributed by atoms with Gasteiger partial charge in [-0.25, -0.2) is 4.98 Å². The van der Waals surface area contributed by atoms with Crippen molar-refractivity contribution in [1.82, 2.24) is 14.8 Å². The summed E-state index contributed by atoms with van der Waals surface area (Å²) in [4.78, 5) is 30.5. The molecule has 1 unspecified atom stereocenters. The molecule has 1 aromatic rings. The van der Waals surface area contributed by atoms with Crippen molar-refractivity contribution in [3.63, 3.8) is 0 Å². The maximum absolute atomic E-state index is 13.7. The number of allylic oxidation sites excluding steroid dienone is 2. The first-order valence-electron chi connectivity index (χ1n) is 13.9. The third-order valence-electron chi connectivity index (χ3n) is 7.97. The van der Waals surface area contributed by atoms with Gasteiger partial charge in [0.25, 0.3) is 5.91 Å². The van der Waals surface area contributed by atoms with Crippen LogP contribution in [0.3, 0.4) is 0 Å². The molecule has 0 bridgehead atoms. The van der Waals surface area contributed by atoms with Crippen LogP contribution < -0.4 is 4.90 Å². The van der Waals surface area contributed by atoms with E-state index in [4.69, 9.17) is 9.98 Å². The van der Waals surface area contributed by atoms with Crippen LogP contribution in [-0.4, -0.2) is 70.8 Å². The average molecular weight is 744 g/mol. The zero-order chi connectivity index (χ0) is 25.7. The average Bonchev–Trinajstić information content (AvgIpc) is 3.41. The van der Waals surface area contributed by atoms with Crippen LogP contribution in [0.25, 0.3) is 0 Å². The van der Waals surface area contributed by atoms with Crippen LogP contribution in [0.2, 0.25) is 0 Å². The molecule has 1 saturated carbocycles. The minimum atomic E-state index is -0.297. The Labute approximate surface area is 255 Å². The van der Waals surface area contributed by atoms with Crippen LogP contribution in [0, 0.1) is 44.6 Å². The zero-order valence-electron chi connectivity index (χ0n) is 24.3. The van der Waals surface area contributed by atoms with E-state index in [1.807, 2.05) is 17.2 Å². The molecule has 0 radical (unpaired) electrons. The topological polar surface area (TPSA) is 52.0 Å². The Hall–Kier alpha value is -1.42. The predicted molar refractivity (Wildman–Crippen MR) is 155 cm³/mol. The standard InChI is InChI=1S/C30H44N5O.CH3.U/c1-6-11-23-14-17-28(31-21-23)33-19-20-35(30(4,5)22-33)29(36)26-15-16-27(25(8-3)32-26)34(18-7-2)24-12-9-10-13-24;;/h14-16,21,24,28H,1,7-13,17-20,22H2,2-5H3;1H3;/q2*-1;+2. The third-order valence-corrected chi connectivity index (χ3v) is 7.97. The number of anilines is 1. The fraction of sp³-hybridized carbons (Fsp3) is 0.613. The van der Waals surface area contributed by atoms with E-state index in [9.17, 15) is 4.79 Å². The summed E-state index contributed by atoms with van der Waals surface area (Å²) in [5.41, 5.74) is 3.73. The van der Waals surface area contributed by atoms with Crippen LogP contribution in [0.15, 0.2) is 35.4 Å². The Morgan fingerprint density at radius 1 is 1.21 bits per heavy atom. The summed E-state index contributed by atoms with van der Waals surface area (Å²) < 4.78 is 0. The Morgan fingerprint density at radius 3 is 2.53 bits per heavy atom. The second-order valence-corrected chi connectivity index (χ2v) is 11.1. The smallest absolute Gasteiger partial charge is 0.500 e. The largest absolute Gasteiger partial charge is 2.00 e. The predicted octanol–water partition coefficient (Wildman–Crippen LogP) is 5.90. The minimum Gasteiger partial charge on any atom is -0.500 e. The van der Waals surface area contributed by atoms with E-state index in [1.165, 1.54) is 36.9 Å². The van der Waals surface area contributed by atoms with Crippen molar-refractivity contribution in [3.8, 4) is 0 Å². The number of hydrogen-bond acceptors (Lipinski definition) is 5. The number of piperazine rings is 1. The van der Waals surface area contributed by atoms with Gasteiger partial charge in [-0.2, -0.15) is 6.42 Å². The van der Waals surface area contributed by atoms with Crippen LogP contribution in [0.5, 0.6) is 0 Å². The van der Waals surface area contributed by atoms with Gasteiger partial charge in [0.05, 0.1) is 16.9 Å². The first-order chi connectivity index (χ1) is 17.4. The number of amides is 1. The number of carbonyl (C=O) groups is 1. The minimum absolute atomic E-state index is 0. The number of rotatable bonds is 9. The molecule has 6 nitrogen and oxygen atoms in total. The van der Waals surface area contributed by atoms with Gasteiger partial charge in [0.15, 0.2) is 0 Å². The van der Waals surface area contributed by atoms with Gasteiger partial charge in [-0.1, -0.05) is 38.3 Å². The Kier molecular flexibility index (Phi) is 12.8. The van der Waals surface area contributed by atoms with E-state index in [1.54, 1.807) is 0 Å². The zero-order valence-corrected chi connectivity index (χ0v) is 28.5. The molecule has 2 fully saturated rings. The molecule has 0 spiro atoms. The van der Waals surface area contributed by atoms with Crippen LogP contribution in [0.1, 0.15) is 88.8 Å². The van der Waals surface area contributed by atoms with Gasteiger partial charge < -0.3 is 23.3 Å². The fourth-order valence-electron chi connectivity index (χ4n) is 6.11. The summed E-state index contributed by atoms with van der Waals surface area (Å²) in [6.45, 7) is 15.8. The van der Waals surface area contributed by atoms with Crippen LogP contribution in [0.4, 0.5) is 5.69 Å². The van der Waals surface area contributed by atoms with Crippen molar-refractivity contribution >= 4 is 17.8 Å². The van der Waals surface area contributed by atoms with Gasteiger partial charge in [0.2, 0.25) is 0 Å². The van der Waals surface area contributed by atoms with Crippen LogP contribution in [-0.2, 0) is 6.42 Å². The van der Waals surface area contributed by atoms with E-state index in [0.29, 0.717) is 18.3 Å². The van der Waals surface area contributed by atoms with Crippen molar-refractivity contribution < 1.29 is 35.9 Å². The molecule has 206 valence electrons. The van der Waals surface area contributed by atoms with Gasteiger partial charge in [-0.05, 0) is 51.7 Å². The number of pyridine rings is 1. The van der Waals surface area contributed by atoms with Crippen LogP contribution >= 0.6 is 0 Å². The molecule has 38 heavy (non-hydrogen) atoms. The number of aryl methyl sites for hydroxylation is 1. The maximum Gasteiger partial charge on any atom is 2.00 e. The summed E-state index contributed by atoms with van der Waals surface area (Å²) in [6.07, 6.45) is 16.0. The van der Waals surface area contributed by atoms with E-state index >= 15 is 0 Å². The number of dihydropyridines is 1. The summed E-state index contributed by atoms with van der Waals surface area (Å²) >= 11 is 0. The fourth-order valence-corrected chi connectivity index (χ4v) is 6.11. The second-order valence-electron chi connectivity index (χ2n) is 11.1. The molecule has 1 aromatic heterocycles. The van der Waals surface area contributed by atoms with Gasteiger partial charge in [0, 0.05) is 44.9 Å². The van der Waals surface area contributed by atoms with Crippen molar-refractivity contribution in [3.05, 3.63) is 55.3 Å². The van der Waals surface area contributed by atoms with Gasteiger partial charge in [-0.3, -0.25) is 21.3 Å². The Bertz CT molecular complexity index is 998. The van der Waals surface area contributed by atoms with Gasteiger partial charge in [-0.15, -0.1) is 0 Å². The van der Waals surface area contributed by atoms with E-state index < -0.39 is 0 Å². The molecule has 1 amide bonds. The number of aliphatic imine (C=N–C) groups is 1. The number of nitrogens with zero attached hydrogens (tertiary/aromatic N) is 5. The van der Waals surface area contributed by atoms with Crippen molar-refractivity contribution in [1.29, 1.82) is 0 Å². The molecular formula is C31H47N5OU. The molecule has 4 rings (SSSR count). The quantitative estimate of drug-likeness (QED) is 0.296. The molecule has 7 heteroatoms. The SMILES string of the molecule is C=[C-]CC1=CCC(N2CCN(C(=O)c3ccc(N(CCC)C4CCCC4)c(CC)n3)C(C)(C)C2)N=C1.[CH3-].[U+2]. The molecule has 1 aliphatic carbocycles. The van der Waals surface area contributed by atoms with Crippen molar-refractivity contribution in [2.75, 3.05) is 31.1 Å². The third kappa shape index (κ3) is 7.40. The summed E-state index contributed by atoms with van der Waals surface area (Å²) in [5, 5.41) is 0. The molecule has 1 saturated heterocycles. The number of carbonyl (C=O) groups excluding carboxylic acids is 1. The van der Waals surface area contributed by atoms with Gasteiger partial charge >= 0.3 is 31.1 Å². The first-order valence-corrected chi connectivity index (χ1v) is 13.9. The molecule has 3 aliphatic rings. The molecule has 3 heterocycles.